The van der Waals surface area contributed by atoms with E-state index in [4.69, 9.17) is 4.74 Å². The number of aromatic amines is 1. The van der Waals surface area contributed by atoms with Crippen molar-refractivity contribution >= 4 is 16.8 Å². The Hall–Kier alpha value is -1.81. The van der Waals surface area contributed by atoms with Crippen LogP contribution in [-0.2, 0) is 16.0 Å². The van der Waals surface area contributed by atoms with Crippen LogP contribution >= 0.6 is 0 Å². The molecule has 0 aliphatic carbocycles. The fourth-order valence-electron chi connectivity index (χ4n) is 2.19. The predicted molar refractivity (Wildman–Crippen MR) is 76.1 cm³/mol. The lowest BCUT2D eigenvalue weighted by molar-refractivity contribution is -0.121. The summed E-state index contributed by atoms with van der Waals surface area (Å²) in [4.78, 5) is 15.2. The molecule has 102 valence electrons. The SMILES string of the molecule is CCC(COC)NC(=O)Cc1c[nH]c2ccccc12. The number of nitrogens with one attached hydrogen (secondary N) is 2. The van der Waals surface area contributed by atoms with E-state index in [0.717, 1.165) is 22.9 Å². The third-order valence-electron chi connectivity index (χ3n) is 3.25. The Balaban J connectivity index is 2.02. The first-order valence-electron chi connectivity index (χ1n) is 6.58. The van der Waals surface area contributed by atoms with Gasteiger partial charge in [-0.15, -0.1) is 0 Å². The normalized spacial score (nSPS) is 12.5. The lowest BCUT2D eigenvalue weighted by atomic mass is 10.1. The van der Waals surface area contributed by atoms with Gasteiger partial charge in [0.05, 0.1) is 19.1 Å². The van der Waals surface area contributed by atoms with E-state index < -0.39 is 0 Å². The summed E-state index contributed by atoms with van der Waals surface area (Å²) in [6, 6.07) is 8.09. The van der Waals surface area contributed by atoms with Crippen LogP contribution in [0.25, 0.3) is 10.9 Å². The standard InChI is InChI=1S/C15H20N2O2/c1-3-12(10-19-2)17-15(18)8-11-9-16-14-7-5-4-6-13(11)14/h4-7,9,12,16H,3,8,10H2,1-2H3,(H,17,18). The van der Waals surface area contributed by atoms with Crippen molar-refractivity contribution in [2.24, 2.45) is 0 Å². The van der Waals surface area contributed by atoms with E-state index in [-0.39, 0.29) is 11.9 Å². The molecule has 1 amide bonds. The average Bonchev–Trinajstić information content (AvgIpc) is 2.82. The molecule has 0 aliphatic heterocycles. The minimum absolute atomic E-state index is 0.0358. The summed E-state index contributed by atoms with van der Waals surface area (Å²) in [7, 11) is 1.65. The first-order chi connectivity index (χ1) is 9.24. The fraction of sp³-hybridized carbons (Fsp3) is 0.400. The van der Waals surface area contributed by atoms with Crippen LogP contribution < -0.4 is 5.32 Å². The Morgan fingerprint density at radius 1 is 1.42 bits per heavy atom. The Kier molecular flexibility index (Phi) is 4.58. The van der Waals surface area contributed by atoms with Gasteiger partial charge in [0, 0.05) is 24.2 Å². The van der Waals surface area contributed by atoms with Crippen LogP contribution in [0.1, 0.15) is 18.9 Å². The molecule has 0 saturated heterocycles. The maximum atomic E-state index is 12.0. The summed E-state index contributed by atoms with van der Waals surface area (Å²) in [5, 5.41) is 4.10. The summed E-state index contributed by atoms with van der Waals surface area (Å²) < 4.78 is 5.08. The van der Waals surface area contributed by atoms with Crippen LogP contribution in [0.5, 0.6) is 0 Å². The summed E-state index contributed by atoms with van der Waals surface area (Å²) >= 11 is 0. The number of hydrogen-bond acceptors (Lipinski definition) is 2. The van der Waals surface area contributed by atoms with Crippen molar-refractivity contribution in [3.05, 3.63) is 36.0 Å². The lowest BCUT2D eigenvalue weighted by Crippen LogP contribution is -2.38. The molecule has 1 heterocycles. The topological polar surface area (TPSA) is 54.1 Å². The van der Waals surface area contributed by atoms with Crippen LogP contribution in [0, 0.1) is 0 Å². The zero-order valence-electron chi connectivity index (χ0n) is 11.4. The molecule has 1 atom stereocenters. The number of amides is 1. The number of benzene rings is 1. The van der Waals surface area contributed by atoms with E-state index in [0.29, 0.717) is 13.0 Å². The van der Waals surface area contributed by atoms with Crippen molar-refractivity contribution in [3.63, 3.8) is 0 Å². The van der Waals surface area contributed by atoms with Crippen LogP contribution in [-0.4, -0.2) is 30.6 Å². The van der Waals surface area contributed by atoms with E-state index in [9.17, 15) is 4.79 Å². The molecule has 4 nitrogen and oxygen atoms in total. The summed E-state index contributed by atoms with van der Waals surface area (Å²) in [6.45, 7) is 2.59. The number of fused-ring (bicyclic) bond motifs is 1. The van der Waals surface area contributed by atoms with Gasteiger partial charge in [0.25, 0.3) is 0 Å². The largest absolute Gasteiger partial charge is 0.383 e. The molecule has 19 heavy (non-hydrogen) atoms. The van der Waals surface area contributed by atoms with Gasteiger partial charge < -0.3 is 15.0 Å². The first-order valence-corrected chi connectivity index (χ1v) is 6.58. The predicted octanol–water partition coefficient (Wildman–Crippen LogP) is 2.25. The molecule has 0 aliphatic rings. The van der Waals surface area contributed by atoms with Gasteiger partial charge in [0.1, 0.15) is 0 Å². The van der Waals surface area contributed by atoms with Gasteiger partial charge in [0.2, 0.25) is 5.91 Å². The molecular weight excluding hydrogens is 240 g/mol. The molecule has 0 saturated carbocycles. The van der Waals surface area contributed by atoms with E-state index in [2.05, 4.69) is 10.3 Å². The molecule has 1 aromatic heterocycles. The molecule has 2 aromatic rings. The van der Waals surface area contributed by atoms with Gasteiger partial charge in [-0.25, -0.2) is 0 Å². The minimum atomic E-state index is 0.0358. The number of aromatic nitrogens is 1. The molecule has 4 heteroatoms. The molecule has 2 N–H and O–H groups in total. The molecular formula is C15H20N2O2. The van der Waals surface area contributed by atoms with Crippen molar-refractivity contribution in [2.45, 2.75) is 25.8 Å². The molecule has 0 fully saturated rings. The smallest absolute Gasteiger partial charge is 0.224 e. The van der Waals surface area contributed by atoms with Gasteiger partial charge >= 0.3 is 0 Å². The van der Waals surface area contributed by atoms with E-state index in [1.54, 1.807) is 7.11 Å². The number of para-hydroxylation sites is 1. The van der Waals surface area contributed by atoms with E-state index in [1.165, 1.54) is 0 Å². The third kappa shape index (κ3) is 3.35. The van der Waals surface area contributed by atoms with Gasteiger partial charge in [-0.3, -0.25) is 4.79 Å². The van der Waals surface area contributed by atoms with E-state index >= 15 is 0 Å². The highest BCUT2D eigenvalue weighted by Crippen LogP contribution is 2.17. The van der Waals surface area contributed by atoms with Gasteiger partial charge in [-0.1, -0.05) is 25.1 Å². The number of H-pyrrole nitrogens is 1. The highest BCUT2D eigenvalue weighted by atomic mass is 16.5. The molecule has 1 aromatic carbocycles. The highest BCUT2D eigenvalue weighted by molar-refractivity contribution is 5.88. The number of hydrogen-bond donors (Lipinski definition) is 2. The highest BCUT2D eigenvalue weighted by Gasteiger charge is 2.12. The Morgan fingerprint density at radius 2 is 2.21 bits per heavy atom. The minimum Gasteiger partial charge on any atom is -0.383 e. The monoisotopic (exact) mass is 260 g/mol. The van der Waals surface area contributed by atoms with Gasteiger partial charge in [0.15, 0.2) is 0 Å². The van der Waals surface area contributed by atoms with E-state index in [1.807, 2.05) is 37.4 Å². The van der Waals surface area contributed by atoms with Crippen LogP contribution in [0.3, 0.4) is 0 Å². The summed E-state index contributed by atoms with van der Waals surface area (Å²) in [5.74, 6) is 0.0358. The first kappa shape index (κ1) is 13.6. The average molecular weight is 260 g/mol. The quantitative estimate of drug-likeness (QED) is 0.837. The van der Waals surface area contributed by atoms with Crippen molar-refractivity contribution < 1.29 is 9.53 Å². The third-order valence-corrected chi connectivity index (χ3v) is 3.25. The molecule has 1 unspecified atom stereocenters. The van der Waals surface area contributed by atoms with Crippen molar-refractivity contribution in [3.8, 4) is 0 Å². The zero-order chi connectivity index (χ0) is 13.7. The van der Waals surface area contributed by atoms with Gasteiger partial charge in [-0.05, 0) is 18.1 Å². The number of rotatable bonds is 6. The van der Waals surface area contributed by atoms with Crippen LogP contribution in [0.15, 0.2) is 30.5 Å². The van der Waals surface area contributed by atoms with Gasteiger partial charge in [-0.2, -0.15) is 0 Å². The Bertz CT molecular complexity index is 548. The number of methoxy groups -OCH3 is 1. The zero-order valence-corrected chi connectivity index (χ0v) is 11.4. The van der Waals surface area contributed by atoms with Crippen molar-refractivity contribution in [2.75, 3.05) is 13.7 Å². The van der Waals surface area contributed by atoms with Crippen molar-refractivity contribution in [1.29, 1.82) is 0 Å². The second-order valence-corrected chi connectivity index (χ2v) is 4.66. The molecule has 0 spiro atoms. The number of ether oxygens (including phenoxy) is 1. The Morgan fingerprint density at radius 3 is 2.95 bits per heavy atom. The Labute approximate surface area is 113 Å². The maximum absolute atomic E-state index is 12.0. The summed E-state index contributed by atoms with van der Waals surface area (Å²) in [6.07, 6.45) is 3.17. The maximum Gasteiger partial charge on any atom is 0.224 e. The fourth-order valence-corrected chi connectivity index (χ4v) is 2.19. The second-order valence-electron chi connectivity index (χ2n) is 4.66. The van der Waals surface area contributed by atoms with Crippen molar-refractivity contribution in [1.82, 2.24) is 10.3 Å². The number of carbonyl (C=O) groups excluding carboxylic acids is 1. The second kappa shape index (κ2) is 6.38. The van der Waals surface area contributed by atoms with Crippen LogP contribution in [0.2, 0.25) is 0 Å². The molecule has 0 radical (unpaired) electrons. The molecule has 0 bridgehead atoms. The van der Waals surface area contributed by atoms with Crippen LogP contribution in [0.4, 0.5) is 0 Å². The molecule has 2 rings (SSSR count). The summed E-state index contributed by atoms with van der Waals surface area (Å²) in [5.41, 5.74) is 2.09. The lowest BCUT2D eigenvalue weighted by Gasteiger charge is -2.15. The number of carbonyl (C=O) groups is 1.